The van der Waals surface area contributed by atoms with E-state index in [1.165, 1.54) is 4.68 Å². The fourth-order valence-electron chi connectivity index (χ4n) is 4.19. The van der Waals surface area contributed by atoms with Crippen molar-refractivity contribution in [2.45, 2.75) is 51.8 Å². The van der Waals surface area contributed by atoms with Crippen molar-refractivity contribution < 1.29 is 19.4 Å². The number of aromatic carboxylic acids is 1. The summed E-state index contributed by atoms with van der Waals surface area (Å²) in [6.07, 6.45) is 3.30. The van der Waals surface area contributed by atoms with Crippen molar-refractivity contribution >= 4 is 28.7 Å². The van der Waals surface area contributed by atoms with Gasteiger partial charge in [-0.15, -0.1) is 0 Å². The Bertz CT molecular complexity index is 1160. The number of fused-ring (bicyclic) bond motifs is 1. The van der Waals surface area contributed by atoms with Gasteiger partial charge in [-0.3, -0.25) is 4.90 Å². The van der Waals surface area contributed by atoms with Crippen molar-refractivity contribution in [3.05, 3.63) is 59.8 Å². The van der Waals surface area contributed by atoms with E-state index in [2.05, 4.69) is 15.3 Å². The van der Waals surface area contributed by atoms with E-state index in [0.29, 0.717) is 11.1 Å². The van der Waals surface area contributed by atoms with Gasteiger partial charge in [-0.05, 0) is 76.1 Å². The van der Waals surface area contributed by atoms with Crippen LogP contribution in [0.25, 0.3) is 10.9 Å². The molecule has 1 fully saturated rings. The van der Waals surface area contributed by atoms with Crippen LogP contribution in [0.4, 0.5) is 10.5 Å². The van der Waals surface area contributed by atoms with E-state index in [1.807, 2.05) is 45.0 Å². The lowest BCUT2D eigenvalue weighted by molar-refractivity contribution is 0.0522. The number of nitrogens with zero attached hydrogens (tertiary/aromatic N) is 3. The number of piperidine rings is 1. The number of carbonyl (C=O) groups excluding carboxylic acids is 1. The zero-order chi connectivity index (χ0) is 23.6. The largest absolute Gasteiger partial charge is 0.478 e. The first-order chi connectivity index (χ1) is 15.7. The van der Waals surface area contributed by atoms with Gasteiger partial charge in [0.25, 0.3) is 0 Å². The van der Waals surface area contributed by atoms with Crippen molar-refractivity contribution in [3.8, 4) is 0 Å². The van der Waals surface area contributed by atoms with Gasteiger partial charge < -0.3 is 15.2 Å². The minimum absolute atomic E-state index is 0.278. The van der Waals surface area contributed by atoms with E-state index in [9.17, 15) is 14.7 Å². The zero-order valence-corrected chi connectivity index (χ0v) is 19.2. The van der Waals surface area contributed by atoms with Gasteiger partial charge in [0.15, 0.2) is 0 Å². The molecule has 2 heterocycles. The number of aromatic nitrogens is 2. The highest BCUT2D eigenvalue weighted by atomic mass is 16.6. The number of hydrogen-bond acceptors (Lipinski definition) is 6. The van der Waals surface area contributed by atoms with Crippen molar-refractivity contribution in [2.24, 2.45) is 0 Å². The van der Waals surface area contributed by atoms with Crippen molar-refractivity contribution in [2.75, 3.05) is 18.4 Å². The Morgan fingerprint density at radius 3 is 2.79 bits per heavy atom. The number of rotatable bonds is 5. The first kappa shape index (κ1) is 22.8. The van der Waals surface area contributed by atoms with E-state index < -0.39 is 17.7 Å². The number of carboxylic acid groups (broad SMARTS) is 1. The topological polar surface area (TPSA) is 96.7 Å². The maximum Gasteiger partial charge on any atom is 0.435 e. The molecule has 0 amide bonds. The lowest BCUT2D eigenvalue weighted by Gasteiger charge is -2.33. The van der Waals surface area contributed by atoms with Crippen LogP contribution in [0.1, 0.15) is 49.5 Å². The number of nitrogens with one attached hydrogen (secondary N) is 1. The number of anilines is 1. The maximum atomic E-state index is 12.4. The maximum absolute atomic E-state index is 12.4. The molecule has 2 N–H and O–H groups in total. The van der Waals surface area contributed by atoms with Gasteiger partial charge in [0.1, 0.15) is 5.60 Å². The molecule has 2 aromatic carbocycles. The second-order valence-electron chi connectivity index (χ2n) is 9.53. The summed E-state index contributed by atoms with van der Waals surface area (Å²) in [5.41, 5.74) is 2.42. The van der Waals surface area contributed by atoms with Crippen molar-refractivity contribution in [3.63, 3.8) is 0 Å². The minimum atomic E-state index is -0.902. The third-order valence-electron chi connectivity index (χ3n) is 5.59. The molecular weight excluding hydrogens is 420 g/mol. The summed E-state index contributed by atoms with van der Waals surface area (Å²) in [4.78, 5) is 26.0. The SMILES string of the molecule is CC(C)(C)OC(=O)n1ncc2cc(NC3CCCN(Cc4cccc(C(=O)O)c4)C3)ccc21. The Morgan fingerprint density at radius 1 is 1.21 bits per heavy atom. The van der Waals surface area contributed by atoms with E-state index in [0.717, 1.165) is 49.1 Å². The lowest BCUT2D eigenvalue weighted by Crippen LogP contribution is -2.41. The molecule has 174 valence electrons. The van der Waals surface area contributed by atoms with E-state index in [-0.39, 0.29) is 6.04 Å². The minimum Gasteiger partial charge on any atom is -0.478 e. The van der Waals surface area contributed by atoms with Crippen LogP contribution < -0.4 is 5.32 Å². The Labute approximate surface area is 193 Å². The first-order valence-corrected chi connectivity index (χ1v) is 11.2. The average Bonchev–Trinajstić information content (AvgIpc) is 3.16. The highest BCUT2D eigenvalue weighted by Gasteiger charge is 2.22. The van der Waals surface area contributed by atoms with Gasteiger partial charge in [0.2, 0.25) is 0 Å². The number of ether oxygens (including phenoxy) is 1. The molecule has 0 aliphatic carbocycles. The Kier molecular flexibility index (Phi) is 6.37. The van der Waals surface area contributed by atoms with E-state index >= 15 is 0 Å². The van der Waals surface area contributed by atoms with Crippen LogP contribution in [-0.4, -0.2) is 56.6 Å². The molecule has 1 aliphatic heterocycles. The van der Waals surface area contributed by atoms with Gasteiger partial charge in [-0.25, -0.2) is 9.59 Å². The quantitative estimate of drug-likeness (QED) is 0.587. The predicted molar refractivity (Wildman–Crippen MR) is 127 cm³/mol. The fraction of sp³-hybridized carbons (Fsp3) is 0.400. The molecule has 1 atom stereocenters. The fourth-order valence-corrected chi connectivity index (χ4v) is 4.19. The normalized spacial score (nSPS) is 17.1. The summed E-state index contributed by atoms with van der Waals surface area (Å²) in [7, 11) is 0. The molecule has 0 spiro atoms. The summed E-state index contributed by atoms with van der Waals surface area (Å²) in [6, 6.07) is 13.2. The summed E-state index contributed by atoms with van der Waals surface area (Å²) >= 11 is 0. The van der Waals surface area contributed by atoms with Gasteiger partial charge >= 0.3 is 12.1 Å². The Morgan fingerprint density at radius 2 is 2.03 bits per heavy atom. The van der Waals surface area contributed by atoms with Crippen LogP contribution in [0.3, 0.4) is 0 Å². The zero-order valence-electron chi connectivity index (χ0n) is 19.2. The second-order valence-corrected chi connectivity index (χ2v) is 9.53. The molecule has 8 heteroatoms. The molecule has 4 rings (SSSR count). The number of hydrogen-bond donors (Lipinski definition) is 2. The molecule has 1 aliphatic rings. The molecule has 0 saturated carbocycles. The number of likely N-dealkylation sites (tertiary alicyclic amines) is 1. The van der Waals surface area contributed by atoms with Crippen LogP contribution in [0, 0.1) is 0 Å². The molecule has 8 nitrogen and oxygen atoms in total. The molecule has 3 aromatic rings. The van der Waals surface area contributed by atoms with Gasteiger partial charge in [0.05, 0.1) is 17.3 Å². The van der Waals surface area contributed by atoms with E-state index in [4.69, 9.17) is 4.74 Å². The molecule has 1 unspecified atom stereocenters. The second kappa shape index (κ2) is 9.23. The molecule has 0 radical (unpaired) electrons. The molecule has 33 heavy (non-hydrogen) atoms. The summed E-state index contributed by atoms with van der Waals surface area (Å²) in [6.45, 7) is 8.06. The van der Waals surface area contributed by atoms with Gasteiger partial charge in [-0.2, -0.15) is 9.78 Å². The standard InChI is InChI=1S/C25H30N4O4/c1-25(2,3)33-24(32)29-22-10-9-20(13-19(22)14-26-29)27-21-8-5-11-28(16-21)15-17-6-4-7-18(12-17)23(30)31/h4,6-7,9-10,12-14,21,27H,5,8,11,15-16H2,1-3H3,(H,30,31). The Balaban J connectivity index is 1.41. The van der Waals surface area contributed by atoms with Crippen LogP contribution in [-0.2, 0) is 11.3 Å². The molecule has 0 bridgehead atoms. The Hall–Kier alpha value is -3.39. The monoisotopic (exact) mass is 450 g/mol. The molecular formula is C25H30N4O4. The predicted octanol–water partition coefficient (Wildman–Crippen LogP) is 4.59. The number of carboxylic acids is 1. The third-order valence-corrected chi connectivity index (χ3v) is 5.59. The first-order valence-electron chi connectivity index (χ1n) is 11.2. The van der Waals surface area contributed by atoms with Gasteiger partial charge in [0, 0.05) is 30.2 Å². The van der Waals surface area contributed by atoms with Crippen molar-refractivity contribution in [1.82, 2.24) is 14.7 Å². The average molecular weight is 451 g/mol. The highest BCUT2D eigenvalue weighted by molar-refractivity contribution is 5.89. The summed E-state index contributed by atoms with van der Waals surface area (Å²) in [5.74, 6) is -0.902. The van der Waals surface area contributed by atoms with Gasteiger partial charge in [-0.1, -0.05) is 12.1 Å². The van der Waals surface area contributed by atoms with Crippen LogP contribution in [0.5, 0.6) is 0 Å². The number of benzene rings is 2. The lowest BCUT2D eigenvalue weighted by atomic mass is 10.0. The third kappa shape index (κ3) is 5.70. The van der Waals surface area contributed by atoms with Crippen molar-refractivity contribution in [1.29, 1.82) is 0 Å². The molecule has 1 saturated heterocycles. The van der Waals surface area contributed by atoms with Crippen LogP contribution in [0.2, 0.25) is 0 Å². The summed E-state index contributed by atoms with van der Waals surface area (Å²) in [5, 5.41) is 17.9. The molecule has 1 aromatic heterocycles. The summed E-state index contributed by atoms with van der Waals surface area (Å²) < 4.78 is 6.72. The number of carbonyl (C=O) groups is 2. The highest BCUT2D eigenvalue weighted by Crippen LogP contribution is 2.23. The van der Waals surface area contributed by atoms with E-state index in [1.54, 1.807) is 24.4 Å². The van der Waals surface area contributed by atoms with Crippen LogP contribution in [0.15, 0.2) is 48.7 Å². The van der Waals surface area contributed by atoms with Crippen LogP contribution >= 0.6 is 0 Å². The smallest absolute Gasteiger partial charge is 0.435 e.